The Labute approximate surface area is 85.5 Å². The molecule has 0 rings (SSSR count). The lowest BCUT2D eigenvalue weighted by molar-refractivity contribution is 1.14. The van der Waals surface area contributed by atoms with Gasteiger partial charge in [-0.3, -0.25) is 4.99 Å². The van der Waals surface area contributed by atoms with Crippen LogP contribution in [0.3, 0.4) is 0 Å². The molecule has 14 heavy (non-hydrogen) atoms. The molecule has 0 bridgehead atoms. The molecule has 0 saturated heterocycles. The summed E-state index contributed by atoms with van der Waals surface area (Å²) in [5, 5.41) is 3.15. The average Bonchev–Trinajstić information content (AvgIpc) is 2.21. The van der Waals surface area contributed by atoms with Crippen molar-refractivity contribution in [1.29, 1.82) is 5.53 Å². The SMILES string of the molecule is C/C=C(C=NCC)/C=C(C)\C=C/N=N. The molecule has 0 atom stereocenters. The van der Waals surface area contributed by atoms with Gasteiger partial charge in [0.2, 0.25) is 0 Å². The van der Waals surface area contributed by atoms with E-state index in [1.54, 1.807) is 6.08 Å². The highest BCUT2D eigenvalue weighted by Gasteiger charge is 1.86. The van der Waals surface area contributed by atoms with Crippen molar-refractivity contribution in [3.8, 4) is 0 Å². The average molecular weight is 191 g/mol. The van der Waals surface area contributed by atoms with Gasteiger partial charge < -0.3 is 0 Å². The Hall–Kier alpha value is -1.51. The van der Waals surface area contributed by atoms with Crippen LogP contribution >= 0.6 is 0 Å². The van der Waals surface area contributed by atoms with Gasteiger partial charge in [-0.25, -0.2) is 5.53 Å². The van der Waals surface area contributed by atoms with Crippen molar-refractivity contribution in [3.63, 3.8) is 0 Å². The van der Waals surface area contributed by atoms with E-state index in [1.807, 2.05) is 39.1 Å². The van der Waals surface area contributed by atoms with E-state index in [4.69, 9.17) is 5.53 Å². The molecule has 0 spiro atoms. The van der Waals surface area contributed by atoms with Gasteiger partial charge in [0.1, 0.15) is 0 Å². The van der Waals surface area contributed by atoms with Crippen LogP contribution in [0.25, 0.3) is 0 Å². The van der Waals surface area contributed by atoms with Crippen LogP contribution in [0.4, 0.5) is 0 Å². The second-order valence-corrected chi connectivity index (χ2v) is 2.75. The summed E-state index contributed by atoms with van der Waals surface area (Å²) < 4.78 is 0. The monoisotopic (exact) mass is 191 g/mol. The predicted molar refractivity (Wildman–Crippen MR) is 60.8 cm³/mol. The van der Waals surface area contributed by atoms with Crippen LogP contribution in [0.1, 0.15) is 20.8 Å². The molecule has 0 aliphatic rings. The van der Waals surface area contributed by atoms with Gasteiger partial charge in [0.15, 0.2) is 0 Å². The standard InChI is InChI=1S/C11H17N3/c1-4-11(9-13-5-2)8-10(3)6-7-14-12/h4,6-9,12H,5H2,1-3H3/b7-6-,10-8-,11-4-,13-9?,14-12?. The van der Waals surface area contributed by atoms with E-state index in [1.165, 1.54) is 6.20 Å². The quantitative estimate of drug-likeness (QED) is 0.393. The summed E-state index contributed by atoms with van der Waals surface area (Å²) in [6.45, 7) is 6.73. The van der Waals surface area contributed by atoms with Crippen LogP contribution in [0.5, 0.6) is 0 Å². The second-order valence-electron chi connectivity index (χ2n) is 2.75. The Balaban J connectivity index is 4.50. The lowest BCUT2D eigenvalue weighted by Crippen LogP contribution is -1.82. The zero-order valence-electron chi connectivity index (χ0n) is 8.99. The Morgan fingerprint density at radius 1 is 1.43 bits per heavy atom. The van der Waals surface area contributed by atoms with E-state index < -0.39 is 0 Å². The predicted octanol–water partition coefficient (Wildman–Crippen LogP) is 3.51. The summed E-state index contributed by atoms with van der Waals surface area (Å²) in [6, 6.07) is 0. The van der Waals surface area contributed by atoms with Crippen molar-refractivity contribution in [3.05, 3.63) is 35.6 Å². The van der Waals surface area contributed by atoms with Crippen molar-refractivity contribution in [2.45, 2.75) is 20.8 Å². The lowest BCUT2D eigenvalue weighted by Gasteiger charge is -1.94. The first-order chi connectivity index (χ1) is 6.74. The third kappa shape index (κ3) is 6.06. The van der Waals surface area contributed by atoms with Crippen molar-refractivity contribution < 1.29 is 0 Å². The molecule has 0 fully saturated rings. The summed E-state index contributed by atoms with van der Waals surface area (Å²) in [5.74, 6) is 0. The molecular formula is C11H17N3. The van der Waals surface area contributed by atoms with Gasteiger partial charge in [-0.2, -0.15) is 5.11 Å². The normalized spacial score (nSPS) is 14.2. The molecule has 0 aromatic carbocycles. The van der Waals surface area contributed by atoms with E-state index in [0.717, 1.165) is 17.7 Å². The maximum atomic E-state index is 6.60. The maximum Gasteiger partial charge on any atom is 0.0491 e. The topological polar surface area (TPSA) is 48.6 Å². The van der Waals surface area contributed by atoms with Crippen LogP contribution in [0, 0.1) is 5.53 Å². The van der Waals surface area contributed by atoms with Gasteiger partial charge >= 0.3 is 0 Å². The summed E-state index contributed by atoms with van der Waals surface area (Å²) in [5.41, 5.74) is 8.73. The van der Waals surface area contributed by atoms with Crippen molar-refractivity contribution in [2.24, 2.45) is 10.1 Å². The number of rotatable bonds is 5. The molecule has 0 saturated carbocycles. The number of nitrogens with one attached hydrogen (secondary N) is 1. The number of allylic oxidation sites excluding steroid dienone is 5. The van der Waals surface area contributed by atoms with Crippen LogP contribution in [-0.2, 0) is 0 Å². The Morgan fingerprint density at radius 2 is 2.14 bits per heavy atom. The molecule has 0 unspecified atom stereocenters. The van der Waals surface area contributed by atoms with Crippen LogP contribution in [0.15, 0.2) is 45.7 Å². The number of nitrogens with zero attached hydrogens (tertiary/aromatic N) is 2. The maximum absolute atomic E-state index is 6.60. The fourth-order valence-corrected chi connectivity index (χ4v) is 0.858. The molecule has 3 heteroatoms. The number of aliphatic imine (C=N–C) groups is 1. The van der Waals surface area contributed by atoms with Gasteiger partial charge in [-0.1, -0.05) is 12.2 Å². The Bertz CT molecular complexity index is 283. The van der Waals surface area contributed by atoms with Gasteiger partial charge in [0.05, 0.1) is 0 Å². The third-order valence-electron chi connectivity index (χ3n) is 1.56. The minimum atomic E-state index is 0.794. The highest BCUT2D eigenvalue weighted by atomic mass is 14.9. The van der Waals surface area contributed by atoms with E-state index in [2.05, 4.69) is 10.1 Å². The smallest absolute Gasteiger partial charge is 0.0491 e. The van der Waals surface area contributed by atoms with Gasteiger partial charge in [-0.15, -0.1) is 0 Å². The van der Waals surface area contributed by atoms with Crippen LogP contribution in [0.2, 0.25) is 0 Å². The van der Waals surface area contributed by atoms with E-state index in [0.29, 0.717) is 0 Å². The first kappa shape index (κ1) is 12.5. The van der Waals surface area contributed by atoms with Gasteiger partial charge in [-0.05, 0) is 38.0 Å². The Kier molecular flexibility index (Phi) is 7.23. The molecule has 1 N–H and O–H groups in total. The first-order valence-electron chi connectivity index (χ1n) is 4.62. The zero-order chi connectivity index (χ0) is 10.8. The van der Waals surface area contributed by atoms with Crippen molar-refractivity contribution in [2.75, 3.05) is 6.54 Å². The van der Waals surface area contributed by atoms with Crippen molar-refractivity contribution in [1.82, 2.24) is 0 Å². The largest absolute Gasteiger partial charge is 0.293 e. The van der Waals surface area contributed by atoms with Gasteiger partial charge in [0, 0.05) is 19.0 Å². The van der Waals surface area contributed by atoms with Crippen LogP contribution < -0.4 is 0 Å². The molecule has 0 heterocycles. The Morgan fingerprint density at radius 3 is 2.64 bits per heavy atom. The molecule has 0 aromatic rings. The summed E-state index contributed by atoms with van der Waals surface area (Å²) in [4.78, 5) is 4.15. The van der Waals surface area contributed by atoms with E-state index in [9.17, 15) is 0 Å². The zero-order valence-corrected chi connectivity index (χ0v) is 8.99. The van der Waals surface area contributed by atoms with E-state index >= 15 is 0 Å². The number of hydrogen-bond donors (Lipinski definition) is 1. The first-order valence-corrected chi connectivity index (χ1v) is 4.62. The molecule has 0 aliphatic heterocycles. The molecule has 0 radical (unpaired) electrons. The molecular weight excluding hydrogens is 174 g/mol. The lowest BCUT2D eigenvalue weighted by atomic mass is 10.2. The number of hydrogen-bond acceptors (Lipinski definition) is 3. The minimum absolute atomic E-state index is 0.794. The highest BCUT2D eigenvalue weighted by molar-refractivity contribution is 5.82. The summed E-state index contributed by atoms with van der Waals surface area (Å²) in [7, 11) is 0. The van der Waals surface area contributed by atoms with Crippen molar-refractivity contribution >= 4 is 6.21 Å². The molecule has 0 aromatic heterocycles. The van der Waals surface area contributed by atoms with Gasteiger partial charge in [0.25, 0.3) is 0 Å². The summed E-state index contributed by atoms with van der Waals surface area (Å²) >= 11 is 0. The third-order valence-corrected chi connectivity index (χ3v) is 1.56. The van der Waals surface area contributed by atoms with Crippen LogP contribution in [-0.4, -0.2) is 12.8 Å². The minimum Gasteiger partial charge on any atom is -0.293 e. The second kappa shape index (κ2) is 8.10. The molecule has 3 nitrogen and oxygen atoms in total. The highest BCUT2D eigenvalue weighted by Crippen LogP contribution is 2.02. The molecule has 76 valence electrons. The molecule has 0 aliphatic carbocycles. The van der Waals surface area contributed by atoms with E-state index in [-0.39, 0.29) is 0 Å². The fraction of sp³-hybridized carbons (Fsp3) is 0.364. The molecule has 0 amide bonds. The fourth-order valence-electron chi connectivity index (χ4n) is 0.858. The summed E-state index contributed by atoms with van der Waals surface area (Å²) in [6.07, 6.45) is 9.08.